The molecule has 1 amide bonds. The molecule has 1 aliphatic heterocycles. The molecule has 0 aliphatic carbocycles. The van der Waals surface area contributed by atoms with Crippen molar-refractivity contribution in [2.75, 3.05) is 6.54 Å². The van der Waals surface area contributed by atoms with Crippen LogP contribution < -0.4 is 0 Å². The standard InChI is InChI=1S/C17H22FNO3/c1-4-14(18)13-10-19(15(20)17(13,3)16(21)22)11(2)12-8-6-5-7-9-12/h5-9,11,13-14H,4,10H2,1-3H3,(H,21,22)/t11-,13-,14?,17-/m1/s1. The fraction of sp³-hybridized carbons (Fsp3) is 0.529. The molecule has 1 N–H and O–H groups in total. The van der Waals surface area contributed by atoms with Gasteiger partial charge in [-0.3, -0.25) is 9.59 Å². The van der Waals surface area contributed by atoms with E-state index in [1.807, 2.05) is 37.3 Å². The number of halogens is 1. The quantitative estimate of drug-likeness (QED) is 0.851. The van der Waals surface area contributed by atoms with Gasteiger partial charge in [-0.2, -0.15) is 0 Å². The van der Waals surface area contributed by atoms with Gasteiger partial charge in [-0.15, -0.1) is 0 Å². The first-order valence-electron chi connectivity index (χ1n) is 7.57. The predicted octanol–water partition coefficient (Wildman–Crippen LogP) is 3.05. The molecule has 4 atom stereocenters. The molecule has 5 heteroatoms. The van der Waals surface area contributed by atoms with Crippen molar-refractivity contribution in [1.82, 2.24) is 4.90 Å². The summed E-state index contributed by atoms with van der Waals surface area (Å²) in [7, 11) is 0. The number of amides is 1. The molecule has 1 aromatic carbocycles. The Balaban J connectivity index is 2.36. The lowest BCUT2D eigenvalue weighted by Crippen LogP contribution is -2.43. The molecule has 0 radical (unpaired) electrons. The van der Waals surface area contributed by atoms with Crippen LogP contribution in [0.1, 0.15) is 38.8 Å². The highest BCUT2D eigenvalue weighted by molar-refractivity contribution is 6.03. The zero-order valence-corrected chi connectivity index (χ0v) is 13.1. The Kier molecular flexibility index (Phi) is 4.54. The maximum atomic E-state index is 14.3. The Morgan fingerprint density at radius 3 is 2.55 bits per heavy atom. The molecule has 0 saturated carbocycles. The second kappa shape index (κ2) is 6.07. The van der Waals surface area contributed by atoms with E-state index in [0.717, 1.165) is 5.56 Å². The van der Waals surface area contributed by atoms with E-state index < -0.39 is 29.4 Å². The number of likely N-dealkylation sites (tertiary alicyclic amines) is 1. The van der Waals surface area contributed by atoms with Gasteiger partial charge in [-0.05, 0) is 25.8 Å². The van der Waals surface area contributed by atoms with Crippen molar-refractivity contribution >= 4 is 11.9 Å². The summed E-state index contributed by atoms with van der Waals surface area (Å²) in [5.74, 6) is -2.58. The summed E-state index contributed by atoms with van der Waals surface area (Å²) in [6.07, 6.45) is -1.10. The molecule has 1 heterocycles. The van der Waals surface area contributed by atoms with Crippen molar-refractivity contribution in [3.05, 3.63) is 35.9 Å². The van der Waals surface area contributed by atoms with Crippen LogP contribution in [0.25, 0.3) is 0 Å². The lowest BCUT2D eigenvalue weighted by atomic mass is 9.76. The predicted molar refractivity (Wildman–Crippen MR) is 81.0 cm³/mol. The van der Waals surface area contributed by atoms with Gasteiger partial charge in [0.2, 0.25) is 5.91 Å². The van der Waals surface area contributed by atoms with E-state index in [1.165, 1.54) is 11.8 Å². The van der Waals surface area contributed by atoms with Crippen LogP contribution in [0.4, 0.5) is 4.39 Å². The number of carbonyl (C=O) groups excluding carboxylic acids is 1. The van der Waals surface area contributed by atoms with Gasteiger partial charge in [0.15, 0.2) is 5.41 Å². The third-order valence-corrected chi connectivity index (χ3v) is 4.86. The fourth-order valence-corrected chi connectivity index (χ4v) is 3.19. The molecular weight excluding hydrogens is 285 g/mol. The summed E-state index contributed by atoms with van der Waals surface area (Å²) in [6, 6.07) is 9.10. The molecule has 4 nitrogen and oxygen atoms in total. The van der Waals surface area contributed by atoms with Gasteiger partial charge in [-0.25, -0.2) is 4.39 Å². The molecule has 1 aliphatic rings. The van der Waals surface area contributed by atoms with Gasteiger partial charge in [0.05, 0.1) is 6.04 Å². The van der Waals surface area contributed by atoms with E-state index in [-0.39, 0.29) is 19.0 Å². The third-order valence-electron chi connectivity index (χ3n) is 4.86. The first-order chi connectivity index (χ1) is 10.3. The van der Waals surface area contributed by atoms with Crippen LogP contribution in [0.3, 0.4) is 0 Å². The molecule has 1 fully saturated rings. The molecule has 22 heavy (non-hydrogen) atoms. The van der Waals surface area contributed by atoms with Crippen LogP contribution in [0.15, 0.2) is 30.3 Å². The van der Waals surface area contributed by atoms with E-state index in [4.69, 9.17) is 0 Å². The minimum Gasteiger partial charge on any atom is -0.480 e. The van der Waals surface area contributed by atoms with Crippen molar-refractivity contribution in [1.29, 1.82) is 0 Å². The average Bonchev–Trinajstić information content (AvgIpc) is 2.80. The summed E-state index contributed by atoms with van der Waals surface area (Å²) < 4.78 is 14.3. The number of carbonyl (C=O) groups is 2. The number of benzene rings is 1. The number of hydrogen-bond donors (Lipinski definition) is 1. The van der Waals surface area contributed by atoms with Gasteiger partial charge in [0.1, 0.15) is 6.17 Å². The molecular formula is C17H22FNO3. The largest absolute Gasteiger partial charge is 0.480 e. The molecule has 1 aromatic rings. The highest BCUT2D eigenvalue weighted by Gasteiger charge is 2.59. The zero-order valence-electron chi connectivity index (χ0n) is 13.1. The van der Waals surface area contributed by atoms with E-state index in [9.17, 15) is 19.1 Å². The number of nitrogens with zero attached hydrogens (tertiary/aromatic N) is 1. The second-order valence-corrected chi connectivity index (χ2v) is 6.08. The Labute approximate surface area is 129 Å². The molecule has 120 valence electrons. The van der Waals surface area contributed by atoms with Crippen LogP contribution in [0, 0.1) is 11.3 Å². The van der Waals surface area contributed by atoms with Crippen molar-refractivity contribution in [3.63, 3.8) is 0 Å². The highest BCUT2D eigenvalue weighted by Crippen LogP contribution is 2.44. The number of hydrogen-bond acceptors (Lipinski definition) is 2. The number of alkyl halides is 1. The smallest absolute Gasteiger partial charge is 0.319 e. The Bertz CT molecular complexity index is 562. The van der Waals surface area contributed by atoms with Crippen molar-refractivity contribution in [2.24, 2.45) is 11.3 Å². The van der Waals surface area contributed by atoms with E-state index in [1.54, 1.807) is 6.92 Å². The molecule has 0 spiro atoms. The van der Waals surface area contributed by atoms with Gasteiger partial charge in [-0.1, -0.05) is 37.3 Å². The Morgan fingerprint density at radius 1 is 1.45 bits per heavy atom. The summed E-state index contributed by atoms with van der Waals surface area (Å²) in [5.41, 5.74) is -0.783. The lowest BCUT2D eigenvalue weighted by Gasteiger charge is -2.26. The molecule has 2 rings (SSSR count). The van der Waals surface area contributed by atoms with Gasteiger partial charge < -0.3 is 10.0 Å². The maximum absolute atomic E-state index is 14.3. The first kappa shape index (κ1) is 16.5. The number of rotatable bonds is 5. The second-order valence-electron chi connectivity index (χ2n) is 6.08. The number of carboxylic acid groups (broad SMARTS) is 1. The van der Waals surface area contributed by atoms with Crippen molar-refractivity contribution in [2.45, 2.75) is 39.4 Å². The third kappa shape index (κ3) is 2.49. The summed E-state index contributed by atoms with van der Waals surface area (Å²) >= 11 is 0. The normalized spacial score (nSPS) is 27.7. The van der Waals surface area contributed by atoms with E-state index in [2.05, 4.69) is 0 Å². The maximum Gasteiger partial charge on any atom is 0.319 e. The fourth-order valence-electron chi connectivity index (χ4n) is 3.19. The summed E-state index contributed by atoms with van der Waals surface area (Å²) in [5, 5.41) is 9.51. The lowest BCUT2D eigenvalue weighted by molar-refractivity contribution is -0.158. The average molecular weight is 307 g/mol. The minimum atomic E-state index is -1.70. The SMILES string of the molecule is CCC(F)[C@H]1CN([C@H](C)c2ccccc2)C(=O)[C@]1(C)C(=O)O. The minimum absolute atomic E-state index is 0.132. The van der Waals surface area contributed by atoms with Gasteiger partial charge in [0.25, 0.3) is 0 Å². The van der Waals surface area contributed by atoms with Gasteiger partial charge >= 0.3 is 5.97 Å². The molecule has 0 bridgehead atoms. The van der Waals surface area contributed by atoms with Crippen molar-refractivity contribution < 1.29 is 19.1 Å². The summed E-state index contributed by atoms with van der Waals surface area (Å²) in [6.45, 7) is 4.99. The van der Waals surface area contributed by atoms with Crippen LogP contribution in [0.2, 0.25) is 0 Å². The molecule has 0 aromatic heterocycles. The molecule has 1 saturated heterocycles. The topological polar surface area (TPSA) is 57.6 Å². The first-order valence-corrected chi connectivity index (χ1v) is 7.57. The van der Waals surface area contributed by atoms with Crippen molar-refractivity contribution in [3.8, 4) is 0 Å². The highest BCUT2D eigenvalue weighted by atomic mass is 19.1. The zero-order chi connectivity index (χ0) is 16.5. The van der Waals surface area contributed by atoms with Gasteiger partial charge in [0, 0.05) is 12.5 Å². The van der Waals surface area contributed by atoms with Crippen LogP contribution in [-0.2, 0) is 9.59 Å². The molecule has 1 unspecified atom stereocenters. The van der Waals surface area contributed by atoms with Crippen LogP contribution >= 0.6 is 0 Å². The number of carboxylic acids is 1. The van der Waals surface area contributed by atoms with E-state index >= 15 is 0 Å². The van der Waals surface area contributed by atoms with Crippen LogP contribution in [-0.4, -0.2) is 34.6 Å². The monoisotopic (exact) mass is 307 g/mol. The number of aliphatic carboxylic acids is 1. The Hall–Kier alpha value is -1.91. The van der Waals surface area contributed by atoms with Crippen LogP contribution in [0.5, 0.6) is 0 Å². The van der Waals surface area contributed by atoms with E-state index in [0.29, 0.717) is 0 Å². The summed E-state index contributed by atoms with van der Waals surface area (Å²) in [4.78, 5) is 25.8. The Morgan fingerprint density at radius 2 is 2.05 bits per heavy atom.